The first-order valence-corrected chi connectivity index (χ1v) is 15.1. The quantitative estimate of drug-likeness (QED) is 0.205. The molecular weight excluding hydrogens is 525 g/mol. The third-order valence-corrected chi connectivity index (χ3v) is 9.97. The molecule has 0 radical (unpaired) electrons. The number of pyridine rings is 3. The standard InChI is InChI=1S/C36H30FN3S/c1-25-13-16-28(31-10-4-7-19-38-31)34(22-25)41(37,35-23-26(2)14-17-29(35)32-11-5-8-20-39-32)36-24-27(3)15-18-30(36)33-12-6-9-21-40-33/h4-24H,1-3H3. The SMILES string of the molecule is Cc1ccc(-c2ccccn2)c(S(F)(c2cc(C)ccc2-c2ccccn2)c2cc(C)ccc2-c2ccccn2)c1. The van der Waals surface area contributed by atoms with Gasteiger partial charge in [-0.2, -0.15) is 3.89 Å². The summed E-state index contributed by atoms with van der Waals surface area (Å²) in [5.41, 5.74) is 7.46. The van der Waals surface area contributed by atoms with Crippen molar-refractivity contribution in [3.8, 4) is 33.8 Å². The fourth-order valence-electron chi connectivity index (χ4n) is 5.14. The van der Waals surface area contributed by atoms with Crippen LogP contribution in [0.1, 0.15) is 16.7 Å². The summed E-state index contributed by atoms with van der Waals surface area (Å²) in [4.78, 5) is 15.8. The third-order valence-electron chi connectivity index (χ3n) is 7.14. The van der Waals surface area contributed by atoms with Crippen LogP contribution >= 0.6 is 10.4 Å². The molecule has 6 rings (SSSR count). The number of hydrogen-bond acceptors (Lipinski definition) is 3. The Kier molecular flexibility index (Phi) is 7.21. The fourth-order valence-corrected chi connectivity index (χ4v) is 8.33. The van der Waals surface area contributed by atoms with Gasteiger partial charge in [0, 0.05) is 50.0 Å². The average Bonchev–Trinajstić information content (AvgIpc) is 3.02. The zero-order valence-corrected chi connectivity index (χ0v) is 24.1. The molecule has 0 aliphatic rings. The number of rotatable bonds is 6. The summed E-state index contributed by atoms with van der Waals surface area (Å²) in [7, 11) is -3.40. The Morgan fingerprint density at radius 1 is 0.439 bits per heavy atom. The molecular formula is C36H30FN3S. The number of halogens is 1. The Bertz CT molecular complexity index is 1610. The highest BCUT2D eigenvalue weighted by molar-refractivity contribution is 8.30. The van der Waals surface area contributed by atoms with Crippen LogP contribution in [0.25, 0.3) is 33.8 Å². The molecule has 0 spiro atoms. The van der Waals surface area contributed by atoms with E-state index in [1.807, 2.05) is 130 Å². The molecule has 3 heterocycles. The Labute approximate surface area is 242 Å². The molecule has 0 aliphatic heterocycles. The van der Waals surface area contributed by atoms with E-state index in [1.165, 1.54) is 0 Å². The van der Waals surface area contributed by atoms with Crippen LogP contribution in [0.15, 0.2) is 142 Å². The van der Waals surface area contributed by atoms with Crippen molar-refractivity contribution >= 4 is 10.4 Å². The molecule has 3 aromatic carbocycles. The molecule has 3 aromatic heterocycles. The lowest BCUT2D eigenvalue weighted by Crippen LogP contribution is -2.06. The second-order valence-electron chi connectivity index (χ2n) is 10.2. The molecule has 0 bridgehead atoms. The fraction of sp³-hybridized carbons (Fsp3) is 0.0833. The molecule has 0 fully saturated rings. The van der Waals surface area contributed by atoms with Gasteiger partial charge >= 0.3 is 0 Å². The van der Waals surface area contributed by atoms with E-state index in [9.17, 15) is 0 Å². The van der Waals surface area contributed by atoms with Gasteiger partial charge in [0.1, 0.15) is 0 Å². The summed E-state index contributed by atoms with van der Waals surface area (Å²) in [5, 5.41) is 0. The Balaban J connectivity index is 1.78. The van der Waals surface area contributed by atoms with Crippen molar-refractivity contribution in [3.05, 3.63) is 144 Å². The van der Waals surface area contributed by atoms with Crippen LogP contribution in [0.3, 0.4) is 0 Å². The van der Waals surface area contributed by atoms with Crippen LogP contribution in [0.2, 0.25) is 0 Å². The molecule has 3 nitrogen and oxygen atoms in total. The Hall–Kier alpha value is -4.61. The van der Waals surface area contributed by atoms with Gasteiger partial charge in [0.15, 0.2) is 0 Å². The number of nitrogens with zero attached hydrogens (tertiary/aromatic N) is 3. The van der Waals surface area contributed by atoms with Gasteiger partial charge in [0.2, 0.25) is 0 Å². The Morgan fingerprint density at radius 2 is 0.756 bits per heavy atom. The topological polar surface area (TPSA) is 38.7 Å². The zero-order valence-electron chi connectivity index (χ0n) is 23.3. The van der Waals surface area contributed by atoms with E-state index in [4.69, 9.17) is 0 Å². The summed E-state index contributed by atoms with van der Waals surface area (Å²) in [6.45, 7) is 6.03. The lowest BCUT2D eigenvalue weighted by Gasteiger charge is -2.37. The zero-order chi connectivity index (χ0) is 28.4. The molecule has 0 atom stereocenters. The molecule has 0 saturated carbocycles. The summed E-state index contributed by atoms with van der Waals surface area (Å²) in [6.07, 6.45) is 5.27. The molecule has 5 heteroatoms. The highest BCUT2D eigenvalue weighted by atomic mass is 32.3. The van der Waals surface area contributed by atoms with Gasteiger partial charge in [-0.05, 0) is 102 Å². The Morgan fingerprint density at radius 3 is 1.02 bits per heavy atom. The van der Waals surface area contributed by atoms with E-state index < -0.39 is 10.4 Å². The maximum atomic E-state index is 19.4. The first kappa shape index (κ1) is 26.6. The largest absolute Gasteiger partial charge is 0.256 e. The lowest BCUT2D eigenvalue weighted by atomic mass is 10.1. The van der Waals surface area contributed by atoms with Crippen LogP contribution in [0.5, 0.6) is 0 Å². The number of hydrogen-bond donors (Lipinski definition) is 0. The van der Waals surface area contributed by atoms with E-state index in [-0.39, 0.29) is 0 Å². The van der Waals surface area contributed by atoms with E-state index in [1.54, 1.807) is 18.6 Å². The van der Waals surface area contributed by atoms with Crippen molar-refractivity contribution < 1.29 is 3.89 Å². The second kappa shape index (κ2) is 11.1. The minimum Gasteiger partial charge on any atom is -0.256 e. The normalized spacial score (nSPS) is 11.8. The summed E-state index contributed by atoms with van der Waals surface area (Å²) >= 11 is 0. The van der Waals surface area contributed by atoms with Crippen LogP contribution in [-0.2, 0) is 0 Å². The van der Waals surface area contributed by atoms with Gasteiger partial charge in [-0.1, -0.05) is 54.6 Å². The van der Waals surface area contributed by atoms with E-state index in [0.29, 0.717) is 14.7 Å². The number of aryl methyl sites for hydroxylation is 3. The summed E-state index contributed by atoms with van der Waals surface area (Å²) in [6, 6.07) is 35.4. The van der Waals surface area contributed by atoms with Crippen LogP contribution in [0, 0.1) is 20.8 Å². The predicted molar refractivity (Wildman–Crippen MR) is 167 cm³/mol. The van der Waals surface area contributed by atoms with Crippen LogP contribution in [-0.4, -0.2) is 15.0 Å². The van der Waals surface area contributed by atoms with E-state index >= 15 is 3.89 Å². The molecule has 0 N–H and O–H groups in total. The van der Waals surface area contributed by atoms with Crippen molar-refractivity contribution in [2.24, 2.45) is 0 Å². The van der Waals surface area contributed by atoms with Crippen molar-refractivity contribution in [2.75, 3.05) is 0 Å². The molecule has 0 unspecified atom stereocenters. The maximum Gasteiger partial charge on any atom is 0.0713 e. The number of aromatic nitrogens is 3. The average molecular weight is 556 g/mol. The van der Waals surface area contributed by atoms with Gasteiger partial charge in [-0.15, -0.1) is 0 Å². The van der Waals surface area contributed by atoms with Crippen molar-refractivity contribution in [1.29, 1.82) is 0 Å². The molecule has 6 aromatic rings. The van der Waals surface area contributed by atoms with Gasteiger partial charge in [-0.25, -0.2) is 0 Å². The first-order chi connectivity index (χ1) is 19.9. The third kappa shape index (κ3) is 5.05. The summed E-state index contributed by atoms with van der Waals surface area (Å²) < 4.78 is 19.4. The monoisotopic (exact) mass is 555 g/mol. The molecule has 0 amide bonds. The van der Waals surface area contributed by atoms with Crippen molar-refractivity contribution in [2.45, 2.75) is 35.5 Å². The lowest BCUT2D eigenvalue weighted by molar-refractivity contribution is 0.869. The van der Waals surface area contributed by atoms with Crippen LogP contribution in [0.4, 0.5) is 3.89 Å². The molecule has 41 heavy (non-hydrogen) atoms. The minimum absolute atomic E-state index is 0.613. The van der Waals surface area contributed by atoms with Crippen molar-refractivity contribution in [1.82, 2.24) is 15.0 Å². The first-order valence-electron chi connectivity index (χ1n) is 13.5. The second-order valence-corrected chi connectivity index (χ2v) is 12.6. The maximum absolute atomic E-state index is 19.4. The summed E-state index contributed by atoms with van der Waals surface area (Å²) in [5.74, 6) is 0. The number of benzene rings is 3. The van der Waals surface area contributed by atoms with Crippen LogP contribution < -0.4 is 0 Å². The van der Waals surface area contributed by atoms with E-state index in [2.05, 4.69) is 15.0 Å². The highest BCUT2D eigenvalue weighted by Crippen LogP contribution is 2.74. The predicted octanol–water partition coefficient (Wildman–Crippen LogP) is 9.96. The molecule has 0 saturated heterocycles. The van der Waals surface area contributed by atoms with Gasteiger partial charge in [0.25, 0.3) is 0 Å². The van der Waals surface area contributed by atoms with Crippen molar-refractivity contribution in [3.63, 3.8) is 0 Å². The smallest absolute Gasteiger partial charge is 0.0713 e. The van der Waals surface area contributed by atoms with Gasteiger partial charge in [0.05, 0.1) is 17.1 Å². The highest BCUT2D eigenvalue weighted by Gasteiger charge is 2.38. The molecule has 202 valence electrons. The molecule has 0 aliphatic carbocycles. The van der Waals surface area contributed by atoms with E-state index in [0.717, 1.165) is 50.5 Å². The minimum atomic E-state index is -3.40. The van der Waals surface area contributed by atoms with Gasteiger partial charge < -0.3 is 0 Å². The van der Waals surface area contributed by atoms with Gasteiger partial charge in [-0.3, -0.25) is 15.0 Å².